The van der Waals surface area contributed by atoms with Crippen molar-refractivity contribution in [2.24, 2.45) is 5.92 Å². The van der Waals surface area contributed by atoms with Crippen LogP contribution in [-0.4, -0.2) is 49.6 Å². The van der Waals surface area contributed by atoms with Gasteiger partial charge < -0.3 is 9.80 Å². The highest BCUT2D eigenvalue weighted by molar-refractivity contribution is 4.82. The lowest BCUT2D eigenvalue weighted by atomic mass is 9.96. The third-order valence-corrected chi connectivity index (χ3v) is 4.17. The van der Waals surface area contributed by atoms with E-state index in [4.69, 9.17) is 0 Å². The molecule has 1 atom stereocenters. The van der Waals surface area contributed by atoms with Crippen molar-refractivity contribution in [1.29, 1.82) is 0 Å². The highest BCUT2D eigenvalue weighted by Crippen LogP contribution is 2.17. The lowest BCUT2D eigenvalue weighted by molar-refractivity contribution is 0.131. The summed E-state index contributed by atoms with van der Waals surface area (Å²) in [4.78, 5) is 5.12. The minimum atomic E-state index is 0.902. The number of allylic oxidation sites excluding steroid dienone is 2. The lowest BCUT2D eigenvalue weighted by Crippen LogP contribution is -2.46. The summed E-state index contributed by atoms with van der Waals surface area (Å²) in [6, 6.07) is 0. The Morgan fingerprint density at radius 2 is 1.58 bits per heavy atom. The number of piperazine rings is 1. The van der Waals surface area contributed by atoms with Crippen molar-refractivity contribution in [2.75, 3.05) is 39.8 Å². The van der Waals surface area contributed by atoms with E-state index in [0.29, 0.717) is 0 Å². The Balaban J connectivity index is 2.23. The number of rotatable bonds is 9. The number of unbranched alkanes of at least 4 members (excludes halogenated alkanes) is 1. The van der Waals surface area contributed by atoms with Gasteiger partial charge in [0.1, 0.15) is 0 Å². The average Bonchev–Trinajstić information content (AvgIpc) is 2.41. The summed E-state index contributed by atoms with van der Waals surface area (Å²) in [6.07, 6.45) is 12.7. The molecule has 0 amide bonds. The van der Waals surface area contributed by atoms with Gasteiger partial charge in [0.15, 0.2) is 0 Å². The zero-order chi connectivity index (χ0) is 13.9. The normalized spacial score (nSPS) is 20.2. The molecule has 1 unspecified atom stereocenters. The van der Waals surface area contributed by atoms with E-state index in [1.165, 1.54) is 71.2 Å². The molecule has 2 heteroatoms. The van der Waals surface area contributed by atoms with Crippen molar-refractivity contribution in [1.82, 2.24) is 9.80 Å². The van der Waals surface area contributed by atoms with E-state index in [2.05, 4.69) is 42.8 Å². The third kappa shape index (κ3) is 7.74. The molecular weight excluding hydrogens is 232 g/mol. The fraction of sp³-hybridized carbons (Fsp3) is 0.882. The van der Waals surface area contributed by atoms with Crippen molar-refractivity contribution in [3.63, 3.8) is 0 Å². The van der Waals surface area contributed by atoms with Crippen molar-refractivity contribution in [3.8, 4) is 0 Å². The van der Waals surface area contributed by atoms with Crippen LogP contribution in [0.4, 0.5) is 0 Å². The van der Waals surface area contributed by atoms with E-state index < -0.39 is 0 Å². The van der Waals surface area contributed by atoms with Crippen molar-refractivity contribution in [2.45, 2.75) is 52.4 Å². The Hall–Kier alpha value is -0.340. The molecule has 0 spiro atoms. The first-order valence-corrected chi connectivity index (χ1v) is 8.32. The highest BCUT2D eigenvalue weighted by Gasteiger charge is 2.17. The van der Waals surface area contributed by atoms with Crippen LogP contribution in [0.25, 0.3) is 0 Å². The number of hydrogen-bond acceptors (Lipinski definition) is 2. The summed E-state index contributed by atoms with van der Waals surface area (Å²) in [5, 5.41) is 0. The van der Waals surface area contributed by atoms with Crippen LogP contribution in [-0.2, 0) is 0 Å². The molecule has 0 saturated carbocycles. The minimum absolute atomic E-state index is 0.902. The van der Waals surface area contributed by atoms with Gasteiger partial charge >= 0.3 is 0 Å². The monoisotopic (exact) mass is 266 g/mol. The maximum Gasteiger partial charge on any atom is 0.0110 e. The Morgan fingerprint density at radius 3 is 2.21 bits per heavy atom. The van der Waals surface area contributed by atoms with Crippen molar-refractivity contribution in [3.05, 3.63) is 12.2 Å². The number of likely N-dealkylation sites (N-methyl/N-ethyl adjacent to an activating group) is 1. The standard InChI is InChI=1S/C17H34N2/c1-4-6-7-8-9-11-17(10-5-2)16-19-14-12-18(3)13-15-19/h7-8,17H,4-6,9-16H2,1-3H3/b8-7-. The second-order valence-corrected chi connectivity index (χ2v) is 6.10. The second-order valence-electron chi connectivity index (χ2n) is 6.10. The minimum Gasteiger partial charge on any atom is -0.304 e. The molecule has 0 bridgehead atoms. The van der Waals surface area contributed by atoms with Crippen molar-refractivity contribution < 1.29 is 0 Å². The first-order chi connectivity index (χ1) is 9.26. The Labute approximate surface area is 120 Å². The Kier molecular flexibility index (Phi) is 9.19. The maximum absolute atomic E-state index is 2.68. The zero-order valence-electron chi connectivity index (χ0n) is 13.4. The molecule has 1 rings (SSSR count). The van der Waals surface area contributed by atoms with Crippen LogP contribution in [0.15, 0.2) is 12.2 Å². The summed E-state index contributed by atoms with van der Waals surface area (Å²) >= 11 is 0. The molecule has 0 radical (unpaired) electrons. The van der Waals surface area contributed by atoms with Crippen LogP contribution < -0.4 is 0 Å². The topological polar surface area (TPSA) is 6.48 Å². The second kappa shape index (κ2) is 10.4. The zero-order valence-corrected chi connectivity index (χ0v) is 13.4. The van der Waals surface area contributed by atoms with Crippen LogP contribution in [0, 0.1) is 5.92 Å². The van der Waals surface area contributed by atoms with Gasteiger partial charge in [-0.05, 0) is 38.6 Å². The molecule has 0 aromatic rings. The summed E-state index contributed by atoms with van der Waals surface area (Å²) in [5.41, 5.74) is 0. The quantitative estimate of drug-likeness (QED) is 0.586. The van der Waals surface area contributed by atoms with Crippen LogP contribution in [0.1, 0.15) is 52.4 Å². The van der Waals surface area contributed by atoms with Crippen molar-refractivity contribution >= 4 is 0 Å². The van der Waals surface area contributed by atoms with Crippen LogP contribution in [0.2, 0.25) is 0 Å². The third-order valence-electron chi connectivity index (χ3n) is 4.17. The summed E-state index contributed by atoms with van der Waals surface area (Å²) in [6.45, 7) is 10.9. The van der Waals surface area contributed by atoms with Gasteiger partial charge in [-0.25, -0.2) is 0 Å². The Morgan fingerprint density at radius 1 is 0.895 bits per heavy atom. The summed E-state index contributed by atoms with van der Waals surface area (Å²) in [7, 11) is 2.24. The molecule has 2 nitrogen and oxygen atoms in total. The molecule has 0 aromatic carbocycles. The van der Waals surface area contributed by atoms with Gasteiger partial charge in [-0.3, -0.25) is 0 Å². The van der Waals surface area contributed by atoms with Gasteiger partial charge in [0.25, 0.3) is 0 Å². The Bertz CT molecular complexity index is 229. The van der Waals surface area contributed by atoms with Crippen LogP contribution in [0.5, 0.6) is 0 Å². The molecule has 1 aliphatic heterocycles. The first-order valence-electron chi connectivity index (χ1n) is 8.32. The number of nitrogens with zero attached hydrogens (tertiary/aromatic N) is 2. The predicted molar refractivity (Wildman–Crippen MR) is 85.6 cm³/mol. The average molecular weight is 266 g/mol. The summed E-state index contributed by atoms with van der Waals surface area (Å²) < 4.78 is 0. The van der Waals surface area contributed by atoms with E-state index in [0.717, 1.165) is 5.92 Å². The van der Waals surface area contributed by atoms with Gasteiger partial charge in [-0.1, -0.05) is 38.8 Å². The molecule has 112 valence electrons. The predicted octanol–water partition coefficient (Wildman–Crippen LogP) is 3.79. The van der Waals surface area contributed by atoms with E-state index in [1.807, 2.05) is 0 Å². The fourth-order valence-corrected chi connectivity index (χ4v) is 2.87. The van der Waals surface area contributed by atoms with E-state index in [-0.39, 0.29) is 0 Å². The largest absolute Gasteiger partial charge is 0.304 e. The maximum atomic E-state index is 2.68. The highest BCUT2D eigenvalue weighted by atomic mass is 15.2. The van der Waals surface area contributed by atoms with Gasteiger partial charge in [0.05, 0.1) is 0 Å². The molecule has 19 heavy (non-hydrogen) atoms. The molecular formula is C17H34N2. The number of hydrogen-bond donors (Lipinski definition) is 0. The molecule has 0 aliphatic carbocycles. The smallest absolute Gasteiger partial charge is 0.0110 e. The molecule has 1 heterocycles. The molecule has 1 aliphatic rings. The lowest BCUT2D eigenvalue weighted by Gasteiger charge is -2.34. The SMILES string of the molecule is CCC/C=C\CCC(CCC)CN1CCN(C)CC1. The molecule has 0 N–H and O–H groups in total. The van der Waals surface area contributed by atoms with Crippen LogP contribution >= 0.6 is 0 Å². The molecule has 0 aromatic heterocycles. The van der Waals surface area contributed by atoms with Gasteiger partial charge in [-0.15, -0.1) is 0 Å². The van der Waals surface area contributed by atoms with Gasteiger partial charge in [-0.2, -0.15) is 0 Å². The van der Waals surface area contributed by atoms with E-state index in [1.54, 1.807) is 0 Å². The van der Waals surface area contributed by atoms with Gasteiger partial charge in [0, 0.05) is 32.7 Å². The molecule has 1 saturated heterocycles. The van der Waals surface area contributed by atoms with Gasteiger partial charge in [0.2, 0.25) is 0 Å². The fourth-order valence-electron chi connectivity index (χ4n) is 2.87. The first kappa shape index (κ1) is 16.7. The molecule has 1 fully saturated rings. The van der Waals surface area contributed by atoms with E-state index in [9.17, 15) is 0 Å². The van der Waals surface area contributed by atoms with E-state index >= 15 is 0 Å². The summed E-state index contributed by atoms with van der Waals surface area (Å²) in [5.74, 6) is 0.902. The van der Waals surface area contributed by atoms with Crippen LogP contribution in [0.3, 0.4) is 0 Å².